The fourth-order valence-corrected chi connectivity index (χ4v) is 1.08. The van der Waals surface area contributed by atoms with Gasteiger partial charge in [-0.2, -0.15) is 0 Å². The Kier molecular flexibility index (Phi) is 11.1. The van der Waals surface area contributed by atoms with Crippen molar-refractivity contribution in [2.75, 3.05) is 0 Å². The largest absolute Gasteiger partial charge is 0.0844 e. The highest BCUT2D eigenvalue weighted by Gasteiger charge is 1.77. The van der Waals surface area contributed by atoms with Crippen LogP contribution in [0.1, 0.15) is 39.5 Å². The molecule has 0 bridgehead atoms. The molecule has 0 spiro atoms. The van der Waals surface area contributed by atoms with Crippen molar-refractivity contribution in [2.24, 2.45) is 0 Å². The molecule has 0 aromatic carbocycles. The Hall–Kier alpha value is -1.04. The van der Waals surface area contributed by atoms with Gasteiger partial charge in [0.05, 0.1) is 0 Å². The van der Waals surface area contributed by atoms with E-state index >= 15 is 0 Å². The molecule has 0 saturated heterocycles. The SMILES string of the molecule is C1=CCC=CC1.C1=CCCC=C1.CC. The molecule has 2 rings (SSSR count). The normalized spacial score (nSPS) is 16.4. The molecule has 0 aliphatic heterocycles. The lowest BCUT2D eigenvalue weighted by Crippen LogP contribution is -1.67. The monoisotopic (exact) mass is 190 g/mol. The van der Waals surface area contributed by atoms with Crippen molar-refractivity contribution in [3.8, 4) is 0 Å². The van der Waals surface area contributed by atoms with E-state index < -0.39 is 0 Å². The number of hydrogen-bond acceptors (Lipinski definition) is 0. The molecule has 0 aromatic rings. The molecule has 2 aliphatic carbocycles. The lowest BCUT2D eigenvalue weighted by atomic mass is 10.2. The van der Waals surface area contributed by atoms with Crippen molar-refractivity contribution in [2.45, 2.75) is 39.5 Å². The van der Waals surface area contributed by atoms with Gasteiger partial charge >= 0.3 is 0 Å². The van der Waals surface area contributed by atoms with Crippen LogP contribution in [-0.2, 0) is 0 Å². The Labute approximate surface area is 88.7 Å². The van der Waals surface area contributed by atoms with Crippen molar-refractivity contribution >= 4 is 0 Å². The predicted molar refractivity (Wildman–Crippen MR) is 66.4 cm³/mol. The molecule has 0 amide bonds. The van der Waals surface area contributed by atoms with Gasteiger partial charge in [0.2, 0.25) is 0 Å². The van der Waals surface area contributed by atoms with Crippen LogP contribution in [0.2, 0.25) is 0 Å². The van der Waals surface area contributed by atoms with Gasteiger partial charge in [0, 0.05) is 0 Å². The maximum atomic E-state index is 2.18. The van der Waals surface area contributed by atoms with Crippen LogP contribution < -0.4 is 0 Å². The zero-order chi connectivity index (χ0) is 10.5. The number of allylic oxidation sites excluding steroid dienone is 8. The molecule has 0 saturated carbocycles. The van der Waals surface area contributed by atoms with Crippen molar-refractivity contribution in [3.63, 3.8) is 0 Å². The Morgan fingerprint density at radius 1 is 0.571 bits per heavy atom. The van der Waals surface area contributed by atoms with Gasteiger partial charge in [-0.25, -0.2) is 0 Å². The smallest absolute Gasteiger partial charge is 0.0169 e. The molecule has 0 radical (unpaired) electrons. The van der Waals surface area contributed by atoms with Crippen molar-refractivity contribution in [1.29, 1.82) is 0 Å². The summed E-state index contributed by atoms with van der Waals surface area (Å²) in [5.74, 6) is 0. The summed E-state index contributed by atoms with van der Waals surface area (Å²) in [5, 5.41) is 0. The third-order valence-electron chi connectivity index (χ3n) is 1.76. The molecule has 0 heterocycles. The Balaban J connectivity index is 0.000000206. The molecule has 2 aliphatic rings. The maximum Gasteiger partial charge on any atom is -0.0169 e. The highest BCUT2D eigenvalue weighted by molar-refractivity contribution is 5.07. The maximum absolute atomic E-state index is 2.18. The summed E-state index contributed by atoms with van der Waals surface area (Å²) in [6.07, 6.45) is 22.0. The quantitative estimate of drug-likeness (QED) is 0.481. The van der Waals surface area contributed by atoms with E-state index in [4.69, 9.17) is 0 Å². The minimum absolute atomic E-state index is 1.14. The van der Waals surface area contributed by atoms with Crippen LogP contribution in [0.15, 0.2) is 48.6 Å². The van der Waals surface area contributed by atoms with Gasteiger partial charge in [0.1, 0.15) is 0 Å². The molecule has 0 aromatic heterocycles. The molecule has 0 N–H and O–H groups in total. The minimum atomic E-state index is 1.14. The van der Waals surface area contributed by atoms with Gasteiger partial charge in [-0.15, -0.1) is 0 Å². The van der Waals surface area contributed by atoms with E-state index in [1.54, 1.807) is 0 Å². The summed E-state index contributed by atoms with van der Waals surface area (Å²) in [6.45, 7) is 4.00. The number of hydrogen-bond donors (Lipinski definition) is 0. The molecular formula is C14H22. The van der Waals surface area contributed by atoms with E-state index in [2.05, 4.69) is 48.6 Å². The van der Waals surface area contributed by atoms with E-state index in [1.807, 2.05) is 13.8 Å². The average molecular weight is 190 g/mol. The second kappa shape index (κ2) is 12.0. The fraction of sp³-hybridized carbons (Fsp3) is 0.429. The summed E-state index contributed by atoms with van der Waals surface area (Å²) in [4.78, 5) is 0. The second-order valence-corrected chi connectivity index (χ2v) is 2.85. The van der Waals surface area contributed by atoms with Crippen LogP contribution >= 0.6 is 0 Å². The first-order valence-electron chi connectivity index (χ1n) is 5.62. The third kappa shape index (κ3) is 9.05. The van der Waals surface area contributed by atoms with Crippen molar-refractivity contribution < 1.29 is 0 Å². The highest BCUT2D eigenvalue weighted by atomic mass is 13.8. The first kappa shape index (κ1) is 13.0. The van der Waals surface area contributed by atoms with E-state index in [9.17, 15) is 0 Å². The van der Waals surface area contributed by atoms with Gasteiger partial charge in [0.25, 0.3) is 0 Å². The first-order valence-corrected chi connectivity index (χ1v) is 5.62. The lowest BCUT2D eigenvalue weighted by Gasteiger charge is -1.88. The minimum Gasteiger partial charge on any atom is -0.0844 e. The molecule has 14 heavy (non-hydrogen) atoms. The van der Waals surface area contributed by atoms with E-state index in [0.717, 1.165) is 12.8 Å². The van der Waals surface area contributed by atoms with E-state index in [1.165, 1.54) is 12.8 Å². The van der Waals surface area contributed by atoms with Crippen molar-refractivity contribution in [1.82, 2.24) is 0 Å². The van der Waals surface area contributed by atoms with E-state index in [-0.39, 0.29) is 0 Å². The summed E-state index contributed by atoms with van der Waals surface area (Å²) in [5.41, 5.74) is 0. The highest BCUT2D eigenvalue weighted by Crippen LogP contribution is 1.98. The van der Waals surface area contributed by atoms with Crippen LogP contribution in [0.3, 0.4) is 0 Å². The van der Waals surface area contributed by atoms with E-state index in [0.29, 0.717) is 0 Å². The van der Waals surface area contributed by atoms with Crippen LogP contribution in [0.25, 0.3) is 0 Å². The third-order valence-corrected chi connectivity index (χ3v) is 1.76. The first-order chi connectivity index (χ1) is 7.00. The topological polar surface area (TPSA) is 0 Å². The zero-order valence-corrected chi connectivity index (χ0v) is 9.45. The van der Waals surface area contributed by atoms with Gasteiger partial charge in [-0.05, 0) is 25.7 Å². The summed E-state index contributed by atoms with van der Waals surface area (Å²) in [6, 6.07) is 0. The van der Waals surface area contributed by atoms with Gasteiger partial charge in [-0.1, -0.05) is 62.5 Å². The molecule has 78 valence electrons. The molecule has 0 nitrogen and oxygen atoms in total. The lowest BCUT2D eigenvalue weighted by molar-refractivity contribution is 1.04. The second-order valence-electron chi connectivity index (χ2n) is 2.85. The Morgan fingerprint density at radius 2 is 0.929 bits per heavy atom. The summed E-state index contributed by atoms with van der Waals surface area (Å²) < 4.78 is 0. The Bertz CT molecular complexity index is 172. The number of rotatable bonds is 0. The molecule has 0 unspecified atom stereocenters. The molecule has 0 heteroatoms. The van der Waals surface area contributed by atoms with Gasteiger partial charge < -0.3 is 0 Å². The molecular weight excluding hydrogens is 168 g/mol. The van der Waals surface area contributed by atoms with Crippen molar-refractivity contribution in [3.05, 3.63) is 48.6 Å². The van der Waals surface area contributed by atoms with Crippen LogP contribution in [0.5, 0.6) is 0 Å². The Morgan fingerprint density at radius 3 is 1.07 bits per heavy atom. The average Bonchev–Trinajstić information content (AvgIpc) is 2.37. The van der Waals surface area contributed by atoms with Gasteiger partial charge in [0.15, 0.2) is 0 Å². The van der Waals surface area contributed by atoms with Crippen LogP contribution in [0.4, 0.5) is 0 Å². The van der Waals surface area contributed by atoms with Gasteiger partial charge in [-0.3, -0.25) is 0 Å². The summed E-state index contributed by atoms with van der Waals surface area (Å²) in [7, 11) is 0. The van der Waals surface area contributed by atoms with Crippen LogP contribution in [0, 0.1) is 0 Å². The van der Waals surface area contributed by atoms with Crippen LogP contribution in [-0.4, -0.2) is 0 Å². The standard InChI is InChI=1S/2C6H8.C2H6/c2*1-2-4-6-5-3-1;1-2/h1-2,5-6H,3-4H2;1-4H,5-6H2;1-2H3. The molecule has 0 fully saturated rings. The fourth-order valence-electron chi connectivity index (χ4n) is 1.08. The zero-order valence-electron chi connectivity index (χ0n) is 9.45. The molecule has 0 atom stereocenters. The predicted octanol–water partition coefficient (Wildman–Crippen LogP) is 4.81. The summed E-state index contributed by atoms with van der Waals surface area (Å²) >= 11 is 0.